The van der Waals surface area contributed by atoms with E-state index in [9.17, 15) is 10.2 Å². The zero-order chi connectivity index (χ0) is 25.4. The van der Waals surface area contributed by atoms with Gasteiger partial charge in [0.05, 0.1) is 12.0 Å². The SMILES string of the molecule is CCCc1c(OCCc2cc3c4c(ccc3o2)C(C(O)O)CCC4)ccc2c(-c3ccccc3)noc12. The van der Waals surface area contributed by atoms with Gasteiger partial charge in [-0.1, -0.05) is 54.9 Å². The van der Waals surface area contributed by atoms with E-state index in [0.717, 1.165) is 87.9 Å². The quantitative estimate of drug-likeness (QED) is 0.237. The maximum Gasteiger partial charge on any atom is 0.174 e. The highest BCUT2D eigenvalue weighted by molar-refractivity contribution is 5.94. The van der Waals surface area contributed by atoms with Crippen LogP contribution < -0.4 is 4.74 Å². The number of benzene rings is 3. The Labute approximate surface area is 215 Å². The highest BCUT2D eigenvalue weighted by Gasteiger charge is 2.27. The second kappa shape index (κ2) is 10.0. The Morgan fingerprint density at radius 2 is 1.89 bits per heavy atom. The highest BCUT2D eigenvalue weighted by Crippen LogP contribution is 2.39. The molecular formula is C31H31NO5. The fraction of sp³-hybridized carbons (Fsp3) is 0.323. The predicted octanol–water partition coefficient (Wildman–Crippen LogP) is 6.55. The van der Waals surface area contributed by atoms with Crippen molar-refractivity contribution in [1.82, 2.24) is 5.16 Å². The van der Waals surface area contributed by atoms with Gasteiger partial charge in [0.15, 0.2) is 11.9 Å². The van der Waals surface area contributed by atoms with Crippen molar-refractivity contribution in [3.63, 3.8) is 0 Å². The van der Waals surface area contributed by atoms with Gasteiger partial charge in [0.2, 0.25) is 0 Å². The van der Waals surface area contributed by atoms with E-state index in [0.29, 0.717) is 13.0 Å². The second-order valence-corrected chi connectivity index (χ2v) is 9.83. The van der Waals surface area contributed by atoms with E-state index in [2.05, 4.69) is 18.1 Å². The van der Waals surface area contributed by atoms with Crippen LogP contribution in [0.5, 0.6) is 5.75 Å². The minimum atomic E-state index is -1.33. The minimum absolute atomic E-state index is 0.236. The summed E-state index contributed by atoms with van der Waals surface area (Å²) in [4.78, 5) is 0. The van der Waals surface area contributed by atoms with Crippen molar-refractivity contribution in [3.05, 3.63) is 83.1 Å². The molecule has 1 atom stereocenters. The fourth-order valence-corrected chi connectivity index (χ4v) is 5.68. The Morgan fingerprint density at radius 1 is 1.03 bits per heavy atom. The molecule has 1 aliphatic carbocycles. The van der Waals surface area contributed by atoms with Gasteiger partial charge in [-0.3, -0.25) is 0 Å². The topological polar surface area (TPSA) is 88.9 Å². The molecule has 0 radical (unpaired) electrons. The zero-order valence-corrected chi connectivity index (χ0v) is 20.9. The number of aliphatic hydroxyl groups is 2. The van der Waals surface area contributed by atoms with Crippen LogP contribution in [0.15, 0.2) is 69.6 Å². The van der Waals surface area contributed by atoms with Gasteiger partial charge in [-0.15, -0.1) is 0 Å². The van der Waals surface area contributed by atoms with Crippen molar-refractivity contribution >= 4 is 21.9 Å². The van der Waals surface area contributed by atoms with Crippen LogP contribution in [0.1, 0.15) is 54.6 Å². The van der Waals surface area contributed by atoms with Gasteiger partial charge < -0.3 is 23.9 Å². The molecule has 2 N–H and O–H groups in total. The highest BCUT2D eigenvalue weighted by atomic mass is 16.5. The number of hydrogen-bond donors (Lipinski definition) is 2. The third kappa shape index (κ3) is 4.41. The zero-order valence-electron chi connectivity index (χ0n) is 20.9. The molecule has 1 aliphatic rings. The number of rotatable bonds is 8. The Balaban J connectivity index is 1.23. The molecule has 0 bridgehead atoms. The number of fused-ring (bicyclic) bond motifs is 4. The molecule has 1 unspecified atom stereocenters. The van der Waals surface area contributed by atoms with Crippen molar-refractivity contribution in [2.45, 2.75) is 57.7 Å². The summed E-state index contributed by atoms with van der Waals surface area (Å²) in [7, 11) is 0. The van der Waals surface area contributed by atoms with Crippen LogP contribution in [0.2, 0.25) is 0 Å². The van der Waals surface area contributed by atoms with Gasteiger partial charge in [0, 0.05) is 28.9 Å². The fourth-order valence-electron chi connectivity index (χ4n) is 5.68. The summed E-state index contributed by atoms with van der Waals surface area (Å²) in [6.07, 6.45) is 3.75. The molecule has 2 heterocycles. The predicted molar refractivity (Wildman–Crippen MR) is 143 cm³/mol. The summed E-state index contributed by atoms with van der Waals surface area (Å²) in [5, 5.41) is 26.1. The number of hydrogen-bond acceptors (Lipinski definition) is 6. The summed E-state index contributed by atoms with van der Waals surface area (Å²) < 4.78 is 18.2. The third-order valence-electron chi connectivity index (χ3n) is 7.46. The first-order valence-electron chi connectivity index (χ1n) is 13.1. The standard InChI is InChI=1S/C31H31NO5/c1-2-7-24-27(14-13-25-29(32-37-30(24)25)19-8-4-3-5-9-19)35-17-16-20-18-26-21-10-6-11-23(31(33)34)22(21)12-15-28(26)36-20/h3-5,8-9,12-15,18,23,31,33-34H,2,6-7,10-11,16-17H2,1H3. The summed E-state index contributed by atoms with van der Waals surface area (Å²) in [6, 6.07) is 20.1. The molecule has 3 aromatic carbocycles. The van der Waals surface area contributed by atoms with Crippen molar-refractivity contribution in [3.8, 4) is 17.0 Å². The smallest absolute Gasteiger partial charge is 0.174 e. The first-order chi connectivity index (χ1) is 18.1. The first kappa shape index (κ1) is 23.8. The molecule has 190 valence electrons. The lowest BCUT2D eigenvalue weighted by Crippen LogP contribution is -2.22. The molecule has 0 fully saturated rings. The average molecular weight is 498 g/mol. The normalized spacial score (nSPS) is 15.5. The van der Waals surface area contributed by atoms with E-state index in [1.165, 1.54) is 5.56 Å². The Kier molecular flexibility index (Phi) is 6.45. The van der Waals surface area contributed by atoms with E-state index in [1.807, 2.05) is 54.6 Å². The third-order valence-corrected chi connectivity index (χ3v) is 7.46. The number of aryl methyl sites for hydroxylation is 2. The van der Waals surface area contributed by atoms with Crippen LogP contribution in [-0.4, -0.2) is 28.3 Å². The largest absolute Gasteiger partial charge is 0.493 e. The maximum absolute atomic E-state index is 9.82. The van der Waals surface area contributed by atoms with Crippen molar-refractivity contribution in [2.75, 3.05) is 6.61 Å². The molecule has 37 heavy (non-hydrogen) atoms. The van der Waals surface area contributed by atoms with Gasteiger partial charge in [0.1, 0.15) is 22.8 Å². The number of aliphatic hydroxyl groups excluding tert-OH is 1. The summed E-state index contributed by atoms with van der Waals surface area (Å²) in [5.41, 5.74) is 6.75. The van der Waals surface area contributed by atoms with E-state index < -0.39 is 6.29 Å². The first-order valence-corrected chi connectivity index (χ1v) is 13.1. The summed E-state index contributed by atoms with van der Waals surface area (Å²) >= 11 is 0. The molecular weight excluding hydrogens is 466 g/mol. The van der Waals surface area contributed by atoms with Gasteiger partial charge >= 0.3 is 0 Å². The van der Waals surface area contributed by atoms with Gasteiger partial charge in [-0.2, -0.15) is 0 Å². The van der Waals surface area contributed by atoms with Crippen LogP contribution in [0, 0.1) is 0 Å². The molecule has 0 aliphatic heterocycles. The average Bonchev–Trinajstić information content (AvgIpc) is 3.54. The molecule has 0 saturated heterocycles. The Morgan fingerprint density at radius 3 is 2.70 bits per heavy atom. The Hall–Kier alpha value is -3.61. The van der Waals surface area contributed by atoms with E-state index in [-0.39, 0.29) is 5.92 Å². The van der Waals surface area contributed by atoms with Crippen molar-refractivity contribution in [2.24, 2.45) is 0 Å². The number of nitrogens with zero attached hydrogens (tertiary/aromatic N) is 1. The molecule has 2 aromatic heterocycles. The molecule has 0 spiro atoms. The maximum atomic E-state index is 9.82. The van der Waals surface area contributed by atoms with E-state index in [4.69, 9.17) is 13.7 Å². The van der Waals surface area contributed by atoms with Gasteiger partial charge in [0.25, 0.3) is 0 Å². The molecule has 6 rings (SSSR count). The lowest BCUT2D eigenvalue weighted by atomic mass is 9.81. The number of aromatic nitrogens is 1. The lowest BCUT2D eigenvalue weighted by Gasteiger charge is -2.27. The summed E-state index contributed by atoms with van der Waals surface area (Å²) in [6.45, 7) is 2.62. The van der Waals surface area contributed by atoms with Crippen LogP contribution in [0.25, 0.3) is 33.2 Å². The minimum Gasteiger partial charge on any atom is -0.493 e. The van der Waals surface area contributed by atoms with E-state index >= 15 is 0 Å². The van der Waals surface area contributed by atoms with Gasteiger partial charge in [-0.05, 0) is 61.1 Å². The van der Waals surface area contributed by atoms with Crippen molar-refractivity contribution in [1.29, 1.82) is 0 Å². The van der Waals surface area contributed by atoms with Crippen LogP contribution in [-0.2, 0) is 19.3 Å². The molecule has 0 amide bonds. The molecule has 0 saturated carbocycles. The monoisotopic (exact) mass is 497 g/mol. The molecule has 6 nitrogen and oxygen atoms in total. The van der Waals surface area contributed by atoms with Crippen LogP contribution >= 0.6 is 0 Å². The summed E-state index contributed by atoms with van der Waals surface area (Å²) in [5.74, 6) is 1.44. The van der Waals surface area contributed by atoms with Gasteiger partial charge in [-0.25, -0.2) is 0 Å². The number of ether oxygens (including phenoxy) is 1. The lowest BCUT2D eigenvalue weighted by molar-refractivity contribution is -0.0636. The van der Waals surface area contributed by atoms with E-state index in [1.54, 1.807) is 0 Å². The molecule has 5 aromatic rings. The van der Waals surface area contributed by atoms with Crippen LogP contribution in [0.4, 0.5) is 0 Å². The Bertz CT molecular complexity index is 1530. The second-order valence-electron chi connectivity index (χ2n) is 9.83. The van der Waals surface area contributed by atoms with Crippen molar-refractivity contribution < 1.29 is 23.9 Å². The molecule has 6 heteroatoms. The number of furan rings is 1. The van der Waals surface area contributed by atoms with Crippen LogP contribution in [0.3, 0.4) is 0 Å².